The Labute approximate surface area is 288 Å². The number of aromatic nitrogens is 3. The summed E-state index contributed by atoms with van der Waals surface area (Å²) in [6.07, 6.45) is 5.83. The number of aliphatic hydroxyl groups is 2. The standard InChI is InChI=1S/C21H35N5.C9H11F2N3O4.2ClH.Mn/c1-3-10-20-18(8-1)22-12-13-23-19-9-2-4-11-21(19)25-15-17-7-5-6-16(26-17)14-24-20;10-9(11)6(16)4(3-15)18-7(9)14-2-1-5(12)13-8(14)17;;;/h5-7,18-25H,1-4,8-15H2;1-2,4,6-7,15-16H,3H2,(H2,12,13,17);2*1H;/q;;;;+2/p-2/t18-,19-,20-,21-;4-,6-,7-;;;/m01.../s1. The van der Waals surface area contributed by atoms with Gasteiger partial charge in [-0.2, -0.15) is 13.8 Å². The molecular weight excluding hydrogens is 700 g/mol. The number of alkyl halides is 2. The van der Waals surface area contributed by atoms with Gasteiger partial charge in [-0.1, -0.05) is 31.7 Å². The molecule has 8 N–H and O–H groups in total. The van der Waals surface area contributed by atoms with Gasteiger partial charge in [-0.25, -0.2) is 4.79 Å². The molecule has 3 fully saturated rings. The second-order valence-corrected chi connectivity index (χ2v) is 14.2. The number of nitrogens with two attached hydrogens (primary N) is 1. The van der Waals surface area contributed by atoms with Crippen LogP contribution in [0.3, 0.4) is 0 Å². The first-order chi connectivity index (χ1) is 22.7. The van der Waals surface area contributed by atoms with Gasteiger partial charge >= 0.3 is 44.9 Å². The number of fused-ring (bicyclic) bond motifs is 4. The smallest absolute Gasteiger partial charge is 0.0545 e. The van der Waals surface area contributed by atoms with Crippen molar-refractivity contribution in [1.29, 1.82) is 0 Å². The molecule has 47 heavy (non-hydrogen) atoms. The summed E-state index contributed by atoms with van der Waals surface area (Å²) >= 11 is 0.00694. The van der Waals surface area contributed by atoms with E-state index in [0.29, 0.717) is 28.7 Å². The van der Waals surface area contributed by atoms with Crippen LogP contribution in [0.1, 0.15) is 69.0 Å². The molecule has 4 heterocycles. The summed E-state index contributed by atoms with van der Waals surface area (Å²) in [5.74, 6) is -3.83. The predicted octanol–water partition coefficient (Wildman–Crippen LogP) is 2.16. The van der Waals surface area contributed by atoms with E-state index in [4.69, 9.17) is 40.8 Å². The molecule has 0 amide bonds. The molecular formula is C30H46Cl2F2MnN8O4. The SMILES string of the molecule is Nc1ccn([C@@H]2O[C@H](CO)[C@@H](O)C2(F)F)c(=O)n1.[Cl][Mn][Cl].c1cc2nc(c1)CN[C@H]1CCCC[C@@H]1NCCN[C@H]1CCCC[C@@H]1NC2. The Kier molecular flexibility index (Phi) is 15.5. The van der Waals surface area contributed by atoms with Gasteiger partial charge in [0.15, 0.2) is 6.10 Å². The van der Waals surface area contributed by atoms with E-state index in [1.807, 2.05) is 0 Å². The van der Waals surface area contributed by atoms with Gasteiger partial charge in [0.25, 0.3) is 0 Å². The molecule has 17 heteroatoms. The number of nitrogens with zero attached hydrogens (tertiary/aromatic N) is 3. The molecule has 2 bridgehead atoms. The number of nitrogen functional groups attached to an aromatic ring is 1. The van der Waals surface area contributed by atoms with Crippen molar-refractivity contribution < 1.29 is 36.9 Å². The zero-order chi connectivity index (χ0) is 33.8. The minimum Gasteiger partial charge on any atom is -0.311 e. The van der Waals surface area contributed by atoms with Crippen molar-refractivity contribution in [3.8, 4) is 0 Å². The molecule has 0 aromatic carbocycles. The molecule has 265 valence electrons. The molecule has 0 spiro atoms. The Hall–Kier alpha value is -1.49. The summed E-state index contributed by atoms with van der Waals surface area (Å²) < 4.78 is 32.7. The Bertz CT molecular complexity index is 1260. The maximum Gasteiger partial charge on any atom is 0.0545 e. The zero-order valence-corrected chi connectivity index (χ0v) is 28.8. The fraction of sp³-hybridized carbons (Fsp3) is 0.700. The summed E-state index contributed by atoms with van der Waals surface area (Å²) in [5, 5.41) is 33.3. The monoisotopic (exact) mass is 745 g/mol. The molecule has 1 saturated heterocycles. The van der Waals surface area contributed by atoms with Crippen molar-refractivity contribution in [2.45, 2.75) is 113 Å². The van der Waals surface area contributed by atoms with Crippen molar-refractivity contribution in [2.24, 2.45) is 0 Å². The van der Waals surface area contributed by atoms with E-state index < -0.39 is 36.7 Å². The fourth-order valence-corrected chi connectivity index (χ4v) is 6.67. The summed E-state index contributed by atoms with van der Waals surface area (Å²) in [5.41, 5.74) is 6.55. The number of aliphatic hydroxyl groups excluding tert-OH is 2. The number of ether oxygens (including phenoxy) is 1. The van der Waals surface area contributed by atoms with Crippen LogP contribution in [-0.4, -0.2) is 86.7 Å². The molecule has 2 aromatic heterocycles. The minimum atomic E-state index is -3.71. The molecule has 6 rings (SSSR count). The zero-order valence-electron chi connectivity index (χ0n) is 26.1. The Morgan fingerprint density at radius 1 is 0.915 bits per heavy atom. The quantitative estimate of drug-likeness (QED) is 0.225. The number of nitrogens with one attached hydrogen (secondary N) is 4. The maximum atomic E-state index is 13.7. The minimum absolute atomic E-state index is 0.00694. The summed E-state index contributed by atoms with van der Waals surface area (Å²) in [6.45, 7) is 3.10. The fourth-order valence-electron chi connectivity index (χ4n) is 6.67. The predicted molar refractivity (Wildman–Crippen MR) is 173 cm³/mol. The van der Waals surface area contributed by atoms with Crippen LogP contribution in [0.15, 0.2) is 35.3 Å². The molecule has 7 atom stereocenters. The largest absolute Gasteiger partial charge is 0.311 e. The second-order valence-electron chi connectivity index (χ2n) is 12.2. The molecule has 2 aliphatic heterocycles. The average Bonchev–Trinajstić information content (AvgIpc) is 3.29. The summed E-state index contributed by atoms with van der Waals surface area (Å²) in [6, 6.07) is 9.96. The third-order valence-corrected chi connectivity index (χ3v) is 9.09. The second kappa shape index (κ2) is 19.0. The maximum absolute atomic E-state index is 13.7. The van der Waals surface area contributed by atoms with Gasteiger partial charge in [-0.3, -0.25) is 9.55 Å². The van der Waals surface area contributed by atoms with Crippen molar-refractivity contribution in [3.05, 3.63) is 52.3 Å². The first-order valence-corrected chi connectivity index (χ1v) is 19.3. The van der Waals surface area contributed by atoms with Gasteiger partial charge in [0, 0.05) is 56.5 Å². The van der Waals surface area contributed by atoms with E-state index in [2.05, 4.69) is 44.5 Å². The van der Waals surface area contributed by atoms with Crippen LogP contribution < -0.4 is 32.7 Å². The average molecular weight is 747 g/mol. The van der Waals surface area contributed by atoms with Crippen LogP contribution in [0.2, 0.25) is 0 Å². The molecule has 0 radical (unpaired) electrons. The molecule has 2 aromatic rings. The van der Waals surface area contributed by atoms with E-state index >= 15 is 0 Å². The van der Waals surface area contributed by atoms with E-state index in [1.54, 1.807) is 0 Å². The van der Waals surface area contributed by atoms with Crippen molar-refractivity contribution in [1.82, 2.24) is 35.8 Å². The van der Waals surface area contributed by atoms with E-state index in [1.165, 1.54) is 62.8 Å². The van der Waals surface area contributed by atoms with Crippen LogP contribution >= 0.6 is 20.2 Å². The summed E-state index contributed by atoms with van der Waals surface area (Å²) in [7, 11) is 9.59. The number of anilines is 1. The van der Waals surface area contributed by atoms with Crippen LogP contribution in [-0.2, 0) is 31.0 Å². The molecule has 0 unspecified atom stereocenters. The van der Waals surface area contributed by atoms with Gasteiger partial charge in [-0.05, 0) is 43.9 Å². The number of pyridine rings is 1. The van der Waals surface area contributed by atoms with Gasteiger partial charge in [0.1, 0.15) is 11.9 Å². The first kappa shape index (κ1) is 38.3. The summed E-state index contributed by atoms with van der Waals surface area (Å²) in [4.78, 5) is 19.6. The Morgan fingerprint density at radius 2 is 1.40 bits per heavy atom. The van der Waals surface area contributed by atoms with Gasteiger partial charge in [-0.15, -0.1) is 0 Å². The van der Waals surface area contributed by atoms with E-state index in [0.717, 1.165) is 38.4 Å². The van der Waals surface area contributed by atoms with Crippen LogP contribution in [0, 0.1) is 0 Å². The van der Waals surface area contributed by atoms with Gasteiger partial charge in [0.2, 0.25) is 6.23 Å². The van der Waals surface area contributed by atoms with E-state index in [9.17, 15) is 18.7 Å². The van der Waals surface area contributed by atoms with E-state index in [-0.39, 0.29) is 19.0 Å². The molecule has 2 saturated carbocycles. The van der Waals surface area contributed by atoms with Crippen LogP contribution in [0.25, 0.3) is 0 Å². The normalized spacial score (nSPS) is 30.9. The van der Waals surface area contributed by atoms with Gasteiger partial charge < -0.3 is 42.0 Å². The molecule has 4 aliphatic rings. The Morgan fingerprint density at radius 3 is 1.85 bits per heavy atom. The topological polar surface area (TPSA) is 172 Å². The number of hydrogen-bond acceptors (Lipinski definition) is 11. The third-order valence-electron chi connectivity index (χ3n) is 9.09. The molecule has 2 aliphatic carbocycles. The van der Waals surface area contributed by atoms with Crippen molar-refractivity contribution in [2.75, 3.05) is 25.4 Å². The van der Waals surface area contributed by atoms with Crippen LogP contribution in [0.4, 0.5) is 14.6 Å². The van der Waals surface area contributed by atoms with Gasteiger partial charge in [0.05, 0.1) is 18.0 Å². The number of hydrogen-bond donors (Lipinski definition) is 7. The van der Waals surface area contributed by atoms with Crippen molar-refractivity contribution in [3.63, 3.8) is 0 Å². The van der Waals surface area contributed by atoms with Crippen LogP contribution in [0.5, 0.6) is 0 Å². The number of rotatable bonds is 2. The van der Waals surface area contributed by atoms with Crippen molar-refractivity contribution >= 4 is 26.0 Å². The first-order valence-electron chi connectivity index (χ1n) is 16.1. The molecule has 12 nitrogen and oxygen atoms in total. The third kappa shape index (κ3) is 10.7. The number of halogens is 4. The Balaban J connectivity index is 0.000000208.